The van der Waals surface area contributed by atoms with Gasteiger partial charge in [-0.2, -0.15) is 0 Å². The van der Waals surface area contributed by atoms with Crippen LogP contribution in [0.2, 0.25) is 0 Å². The van der Waals surface area contributed by atoms with E-state index in [0.717, 1.165) is 23.7 Å². The molecule has 0 radical (unpaired) electrons. The van der Waals surface area contributed by atoms with Gasteiger partial charge in [-0.15, -0.1) is 24.0 Å². The largest absolute Gasteiger partial charge is 0.492 e. The molecule has 0 fully saturated rings. The van der Waals surface area contributed by atoms with Gasteiger partial charge in [-0.3, -0.25) is 4.99 Å². The summed E-state index contributed by atoms with van der Waals surface area (Å²) in [7, 11) is 1.66. The first kappa shape index (κ1) is 21.2. The fourth-order valence-corrected chi connectivity index (χ4v) is 2.06. The minimum Gasteiger partial charge on any atom is -0.492 e. The van der Waals surface area contributed by atoms with Crippen LogP contribution in [-0.2, 0) is 0 Å². The molecule has 1 unspecified atom stereocenters. The van der Waals surface area contributed by atoms with E-state index in [-0.39, 0.29) is 42.4 Å². The molecule has 2 N–H and O–H groups in total. The smallest absolute Gasteiger partial charge is 0.191 e. The van der Waals surface area contributed by atoms with Crippen LogP contribution in [0.1, 0.15) is 24.5 Å². The molecule has 0 amide bonds. The monoisotopic (exact) mass is 465 g/mol. The lowest BCUT2D eigenvalue weighted by Gasteiger charge is -2.16. The Balaban J connectivity index is 0.00000312. The van der Waals surface area contributed by atoms with E-state index in [2.05, 4.69) is 15.6 Å². The number of benzene rings is 1. The fraction of sp³-hybridized carbons (Fsp3) is 0.353. The average molecular weight is 465 g/mol. The maximum atomic E-state index is 13.1. The van der Waals surface area contributed by atoms with Crippen molar-refractivity contribution < 1.29 is 17.9 Å². The Morgan fingerprint density at radius 3 is 2.60 bits per heavy atom. The van der Waals surface area contributed by atoms with Crippen LogP contribution >= 0.6 is 24.0 Å². The standard InChI is InChI=1S/C17H21F2N3O2.HI/c1-11-4-7-16(24-11)12(2)22-17(20-3)21-8-9-23-13-5-6-14(18)15(19)10-13;/h4-7,10,12H,8-9H2,1-3H3,(H2,20,21,22);1H. The van der Waals surface area contributed by atoms with Crippen molar-refractivity contribution in [2.45, 2.75) is 19.9 Å². The minimum absolute atomic E-state index is 0. The van der Waals surface area contributed by atoms with Gasteiger partial charge >= 0.3 is 0 Å². The number of hydrogen-bond donors (Lipinski definition) is 2. The molecule has 0 aliphatic rings. The van der Waals surface area contributed by atoms with Gasteiger partial charge in [-0.05, 0) is 38.1 Å². The Kier molecular flexibility index (Phi) is 8.67. The highest BCUT2D eigenvalue weighted by atomic mass is 127. The Hall–Kier alpha value is -1.84. The number of rotatable bonds is 6. The molecule has 0 spiro atoms. The molecule has 5 nitrogen and oxygen atoms in total. The first-order chi connectivity index (χ1) is 11.5. The summed E-state index contributed by atoms with van der Waals surface area (Å²) >= 11 is 0. The predicted molar refractivity (Wildman–Crippen MR) is 104 cm³/mol. The van der Waals surface area contributed by atoms with Crippen molar-refractivity contribution in [1.82, 2.24) is 10.6 Å². The molecule has 2 aromatic rings. The van der Waals surface area contributed by atoms with Gasteiger partial charge in [0.15, 0.2) is 17.6 Å². The lowest BCUT2D eigenvalue weighted by atomic mass is 10.2. The van der Waals surface area contributed by atoms with E-state index in [4.69, 9.17) is 9.15 Å². The maximum Gasteiger partial charge on any atom is 0.191 e. The molecule has 2 rings (SSSR count). The van der Waals surface area contributed by atoms with Crippen LogP contribution in [-0.4, -0.2) is 26.2 Å². The average Bonchev–Trinajstić information content (AvgIpc) is 3.00. The van der Waals surface area contributed by atoms with Gasteiger partial charge in [-0.1, -0.05) is 0 Å². The van der Waals surface area contributed by atoms with Gasteiger partial charge < -0.3 is 19.8 Å². The lowest BCUT2D eigenvalue weighted by Crippen LogP contribution is -2.40. The van der Waals surface area contributed by atoms with Gasteiger partial charge in [-0.25, -0.2) is 8.78 Å². The van der Waals surface area contributed by atoms with Gasteiger partial charge in [0, 0.05) is 13.1 Å². The molecule has 8 heteroatoms. The van der Waals surface area contributed by atoms with Crippen molar-refractivity contribution in [3.63, 3.8) is 0 Å². The van der Waals surface area contributed by atoms with E-state index in [9.17, 15) is 8.78 Å². The van der Waals surface area contributed by atoms with Crippen LogP contribution < -0.4 is 15.4 Å². The molecule has 0 saturated carbocycles. The molecule has 1 heterocycles. The van der Waals surface area contributed by atoms with E-state index in [1.165, 1.54) is 6.07 Å². The summed E-state index contributed by atoms with van der Waals surface area (Å²) in [5, 5.41) is 6.27. The molecule has 1 atom stereocenters. The van der Waals surface area contributed by atoms with Crippen molar-refractivity contribution in [2.75, 3.05) is 20.2 Å². The van der Waals surface area contributed by atoms with Crippen molar-refractivity contribution in [3.05, 3.63) is 53.5 Å². The second kappa shape index (κ2) is 10.2. The minimum atomic E-state index is -0.930. The van der Waals surface area contributed by atoms with Crippen LogP contribution in [0.15, 0.2) is 39.7 Å². The summed E-state index contributed by atoms with van der Waals surface area (Å²) < 4.78 is 36.8. The highest BCUT2D eigenvalue weighted by Gasteiger charge is 2.11. The molecular weight excluding hydrogens is 443 g/mol. The van der Waals surface area contributed by atoms with Crippen molar-refractivity contribution in [1.29, 1.82) is 0 Å². The topological polar surface area (TPSA) is 58.8 Å². The number of hydrogen-bond acceptors (Lipinski definition) is 3. The Morgan fingerprint density at radius 1 is 1.24 bits per heavy atom. The number of nitrogens with one attached hydrogen (secondary N) is 2. The van der Waals surface area contributed by atoms with E-state index < -0.39 is 11.6 Å². The van der Waals surface area contributed by atoms with Gasteiger partial charge in [0.05, 0.1) is 12.6 Å². The third-order valence-corrected chi connectivity index (χ3v) is 3.32. The Labute approximate surface area is 162 Å². The highest BCUT2D eigenvalue weighted by Crippen LogP contribution is 2.16. The van der Waals surface area contributed by atoms with Crippen molar-refractivity contribution in [3.8, 4) is 5.75 Å². The number of furan rings is 1. The SMILES string of the molecule is CN=C(NCCOc1ccc(F)c(F)c1)NC(C)c1ccc(C)o1.I. The van der Waals surface area contributed by atoms with Crippen LogP contribution in [0.5, 0.6) is 5.75 Å². The summed E-state index contributed by atoms with van der Waals surface area (Å²) in [6.07, 6.45) is 0. The number of guanidine groups is 1. The van der Waals surface area contributed by atoms with Crippen molar-refractivity contribution in [2.24, 2.45) is 4.99 Å². The second-order valence-electron chi connectivity index (χ2n) is 5.24. The third-order valence-electron chi connectivity index (χ3n) is 3.32. The highest BCUT2D eigenvalue weighted by molar-refractivity contribution is 14.0. The second-order valence-corrected chi connectivity index (χ2v) is 5.24. The first-order valence-electron chi connectivity index (χ1n) is 7.61. The lowest BCUT2D eigenvalue weighted by molar-refractivity contribution is 0.318. The quantitative estimate of drug-likeness (QED) is 0.295. The number of halogens is 3. The summed E-state index contributed by atoms with van der Waals surface area (Å²) in [5.41, 5.74) is 0. The zero-order valence-corrected chi connectivity index (χ0v) is 16.6. The zero-order chi connectivity index (χ0) is 17.5. The third kappa shape index (κ3) is 6.52. The maximum absolute atomic E-state index is 13.1. The summed E-state index contributed by atoms with van der Waals surface area (Å²) in [6.45, 7) is 4.57. The van der Waals surface area contributed by atoms with E-state index in [1.807, 2.05) is 26.0 Å². The van der Waals surface area contributed by atoms with E-state index in [0.29, 0.717) is 12.5 Å². The van der Waals surface area contributed by atoms with E-state index >= 15 is 0 Å². The van der Waals surface area contributed by atoms with Crippen LogP contribution in [0.4, 0.5) is 8.78 Å². The number of aryl methyl sites for hydroxylation is 1. The van der Waals surface area contributed by atoms with Gasteiger partial charge in [0.1, 0.15) is 23.9 Å². The van der Waals surface area contributed by atoms with Gasteiger partial charge in [0.25, 0.3) is 0 Å². The molecule has 1 aromatic heterocycles. The predicted octanol–water partition coefficient (Wildman–Crippen LogP) is 3.79. The number of ether oxygens (including phenoxy) is 1. The number of nitrogens with zero attached hydrogens (tertiary/aromatic N) is 1. The normalized spacial score (nSPS) is 12.3. The Morgan fingerprint density at radius 2 is 2.00 bits per heavy atom. The fourth-order valence-electron chi connectivity index (χ4n) is 2.06. The summed E-state index contributed by atoms with van der Waals surface area (Å²) in [5.74, 6) is 0.700. The Bertz CT molecular complexity index is 707. The first-order valence-corrected chi connectivity index (χ1v) is 7.61. The molecule has 0 aliphatic heterocycles. The molecule has 138 valence electrons. The molecule has 25 heavy (non-hydrogen) atoms. The molecule has 0 saturated heterocycles. The van der Waals surface area contributed by atoms with Gasteiger partial charge in [0.2, 0.25) is 0 Å². The molecule has 1 aromatic carbocycles. The summed E-state index contributed by atoms with van der Waals surface area (Å²) in [6, 6.07) is 7.20. The van der Waals surface area contributed by atoms with E-state index in [1.54, 1.807) is 7.05 Å². The zero-order valence-electron chi connectivity index (χ0n) is 14.3. The molecular formula is C17H22F2IN3O2. The molecule has 0 aliphatic carbocycles. The van der Waals surface area contributed by atoms with Crippen LogP contribution in [0, 0.1) is 18.6 Å². The number of aliphatic imine (C=N–C) groups is 1. The van der Waals surface area contributed by atoms with Crippen LogP contribution in [0.25, 0.3) is 0 Å². The van der Waals surface area contributed by atoms with Crippen molar-refractivity contribution >= 4 is 29.9 Å². The van der Waals surface area contributed by atoms with Crippen LogP contribution in [0.3, 0.4) is 0 Å². The summed E-state index contributed by atoms with van der Waals surface area (Å²) in [4.78, 5) is 4.12. The molecule has 0 bridgehead atoms.